The lowest BCUT2D eigenvalue weighted by molar-refractivity contribution is 0.580. The predicted molar refractivity (Wildman–Crippen MR) is 76.1 cm³/mol. The summed E-state index contributed by atoms with van der Waals surface area (Å²) in [7, 11) is 0. The van der Waals surface area contributed by atoms with Crippen molar-refractivity contribution in [1.82, 2.24) is 20.1 Å². The molecule has 90 valence electrons. The first-order valence-electron chi connectivity index (χ1n) is 5.55. The van der Waals surface area contributed by atoms with Gasteiger partial charge in [-0.15, -0.1) is 0 Å². The van der Waals surface area contributed by atoms with Gasteiger partial charge in [-0.25, -0.2) is 9.67 Å². The van der Waals surface area contributed by atoms with Gasteiger partial charge in [0.25, 0.3) is 0 Å². The average molecular weight is 342 g/mol. The van der Waals surface area contributed by atoms with Crippen LogP contribution < -0.4 is 5.32 Å². The normalized spacial score (nSPS) is 11.1. The molecule has 0 amide bonds. The van der Waals surface area contributed by atoms with Gasteiger partial charge in [0.1, 0.15) is 0 Å². The zero-order valence-electron chi connectivity index (χ0n) is 9.89. The molecule has 0 aliphatic heterocycles. The van der Waals surface area contributed by atoms with Crippen LogP contribution in [0.25, 0.3) is 5.82 Å². The van der Waals surface area contributed by atoms with Crippen LogP contribution in [-0.2, 0) is 6.54 Å². The van der Waals surface area contributed by atoms with E-state index in [4.69, 9.17) is 0 Å². The summed E-state index contributed by atoms with van der Waals surface area (Å²) in [5, 5.41) is 7.60. The Hall–Kier alpha value is -0.950. The van der Waals surface area contributed by atoms with E-state index in [1.807, 2.05) is 30.6 Å². The highest BCUT2D eigenvalue weighted by Crippen LogP contribution is 2.08. The van der Waals surface area contributed by atoms with Gasteiger partial charge >= 0.3 is 0 Å². The number of aromatic nitrogens is 3. The lowest BCUT2D eigenvalue weighted by Crippen LogP contribution is -2.22. The quantitative estimate of drug-likeness (QED) is 0.868. The van der Waals surface area contributed by atoms with Crippen molar-refractivity contribution in [2.75, 3.05) is 0 Å². The van der Waals surface area contributed by atoms with E-state index in [2.05, 4.69) is 51.8 Å². The zero-order chi connectivity index (χ0) is 12.3. The second-order valence-electron chi connectivity index (χ2n) is 4.13. The van der Waals surface area contributed by atoms with E-state index >= 15 is 0 Å². The highest BCUT2D eigenvalue weighted by Gasteiger charge is 2.02. The molecule has 0 radical (unpaired) electrons. The van der Waals surface area contributed by atoms with Crippen LogP contribution in [-0.4, -0.2) is 20.8 Å². The van der Waals surface area contributed by atoms with Gasteiger partial charge < -0.3 is 5.32 Å². The molecule has 0 bridgehead atoms. The fourth-order valence-corrected chi connectivity index (χ4v) is 1.82. The van der Waals surface area contributed by atoms with Gasteiger partial charge in [0.2, 0.25) is 0 Å². The van der Waals surface area contributed by atoms with Crippen LogP contribution in [0.5, 0.6) is 0 Å². The lowest BCUT2D eigenvalue weighted by atomic mass is 10.3. The van der Waals surface area contributed by atoms with Crippen molar-refractivity contribution in [3.05, 3.63) is 39.9 Å². The van der Waals surface area contributed by atoms with Crippen LogP contribution in [0.4, 0.5) is 0 Å². The van der Waals surface area contributed by atoms with E-state index in [0.29, 0.717) is 6.04 Å². The molecule has 0 saturated heterocycles. The molecule has 0 saturated carbocycles. The second kappa shape index (κ2) is 5.59. The summed E-state index contributed by atoms with van der Waals surface area (Å²) >= 11 is 2.24. The van der Waals surface area contributed by atoms with Crippen LogP contribution >= 0.6 is 22.6 Å². The number of pyridine rings is 1. The fraction of sp³-hybridized carbons (Fsp3) is 0.333. The maximum atomic E-state index is 4.56. The Kier molecular flexibility index (Phi) is 4.11. The molecule has 0 unspecified atom stereocenters. The van der Waals surface area contributed by atoms with Gasteiger partial charge in [-0.3, -0.25) is 0 Å². The maximum Gasteiger partial charge on any atom is 0.153 e. The fourth-order valence-electron chi connectivity index (χ4n) is 1.43. The predicted octanol–water partition coefficient (Wildman–Crippen LogP) is 2.37. The molecule has 5 heteroatoms. The van der Waals surface area contributed by atoms with E-state index in [1.165, 1.54) is 0 Å². The Morgan fingerprint density at radius 3 is 2.88 bits per heavy atom. The molecule has 2 aromatic rings. The zero-order valence-corrected chi connectivity index (χ0v) is 12.0. The van der Waals surface area contributed by atoms with Crippen LogP contribution in [0.3, 0.4) is 0 Å². The molecule has 17 heavy (non-hydrogen) atoms. The van der Waals surface area contributed by atoms with Crippen molar-refractivity contribution in [1.29, 1.82) is 0 Å². The molecule has 0 atom stereocenters. The van der Waals surface area contributed by atoms with Crippen LogP contribution in [0.1, 0.15) is 19.5 Å². The van der Waals surface area contributed by atoms with Gasteiger partial charge in [0.05, 0.1) is 15.5 Å². The topological polar surface area (TPSA) is 42.7 Å². The molecule has 0 aliphatic rings. The van der Waals surface area contributed by atoms with E-state index in [-0.39, 0.29) is 0 Å². The molecule has 2 rings (SSSR count). The van der Waals surface area contributed by atoms with Crippen molar-refractivity contribution >= 4 is 22.6 Å². The van der Waals surface area contributed by atoms with Crippen molar-refractivity contribution in [2.24, 2.45) is 0 Å². The van der Waals surface area contributed by atoms with Crippen LogP contribution in [0.2, 0.25) is 0 Å². The molecule has 4 nitrogen and oxygen atoms in total. The standard InChI is InChI=1S/C12H15IN4/c1-9(2)14-7-11-4-3-5-12(16-11)17-8-10(13)6-15-17/h3-6,8-9,14H,7H2,1-2H3. The Labute approximate surface area is 115 Å². The Morgan fingerprint density at radius 1 is 1.41 bits per heavy atom. The van der Waals surface area contributed by atoms with Crippen LogP contribution in [0.15, 0.2) is 30.6 Å². The number of hydrogen-bond donors (Lipinski definition) is 1. The summed E-state index contributed by atoms with van der Waals surface area (Å²) in [6, 6.07) is 6.45. The van der Waals surface area contributed by atoms with E-state index in [0.717, 1.165) is 21.6 Å². The SMILES string of the molecule is CC(C)NCc1cccc(-n2cc(I)cn2)n1. The van der Waals surface area contributed by atoms with Crippen LogP contribution in [0, 0.1) is 3.57 Å². The molecule has 0 spiro atoms. The van der Waals surface area contributed by atoms with Gasteiger partial charge in [0, 0.05) is 18.8 Å². The third kappa shape index (κ3) is 3.50. The van der Waals surface area contributed by atoms with Gasteiger partial charge in [-0.05, 0) is 34.7 Å². The molecule has 2 aromatic heterocycles. The van der Waals surface area contributed by atoms with Crippen molar-refractivity contribution < 1.29 is 0 Å². The molecule has 2 heterocycles. The number of nitrogens with zero attached hydrogens (tertiary/aromatic N) is 3. The summed E-state index contributed by atoms with van der Waals surface area (Å²) in [4.78, 5) is 4.56. The number of halogens is 1. The number of rotatable bonds is 4. The molecule has 1 N–H and O–H groups in total. The van der Waals surface area contributed by atoms with Crippen molar-refractivity contribution in [2.45, 2.75) is 26.4 Å². The first-order valence-corrected chi connectivity index (χ1v) is 6.63. The maximum absolute atomic E-state index is 4.56. The summed E-state index contributed by atoms with van der Waals surface area (Å²) < 4.78 is 2.90. The van der Waals surface area contributed by atoms with E-state index < -0.39 is 0 Å². The smallest absolute Gasteiger partial charge is 0.153 e. The number of hydrogen-bond acceptors (Lipinski definition) is 3. The highest BCUT2D eigenvalue weighted by molar-refractivity contribution is 14.1. The largest absolute Gasteiger partial charge is 0.309 e. The molecule has 0 fully saturated rings. The average Bonchev–Trinajstić information content (AvgIpc) is 2.74. The Bertz CT molecular complexity index is 493. The monoisotopic (exact) mass is 342 g/mol. The summed E-state index contributed by atoms with van der Waals surface area (Å²) in [6.45, 7) is 5.03. The van der Waals surface area contributed by atoms with Gasteiger partial charge in [0.15, 0.2) is 5.82 Å². The number of nitrogens with one attached hydrogen (secondary N) is 1. The molecule has 0 aromatic carbocycles. The Balaban J connectivity index is 2.16. The first-order chi connectivity index (χ1) is 8.15. The Morgan fingerprint density at radius 2 is 2.24 bits per heavy atom. The molecule has 0 aliphatic carbocycles. The third-order valence-electron chi connectivity index (χ3n) is 2.27. The lowest BCUT2D eigenvalue weighted by Gasteiger charge is -2.08. The minimum atomic E-state index is 0.464. The third-order valence-corrected chi connectivity index (χ3v) is 2.83. The van der Waals surface area contributed by atoms with E-state index in [9.17, 15) is 0 Å². The summed E-state index contributed by atoms with van der Waals surface area (Å²) in [6.07, 6.45) is 3.78. The summed E-state index contributed by atoms with van der Waals surface area (Å²) in [5.41, 5.74) is 1.03. The van der Waals surface area contributed by atoms with Crippen molar-refractivity contribution in [3.8, 4) is 5.82 Å². The molecular formula is C12H15IN4. The second-order valence-corrected chi connectivity index (χ2v) is 5.37. The molecular weight excluding hydrogens is 327 g/mol. The summed E-state index contributed by atoms with van der Waals surface area (Å²) in [5.74, 6) is 0.857. The first kappa shape index (κ1) is 12.5. The van der Waals surface area contributed by atoms with Gasteiger partial charge in [-0.1, -0.05) is 19.9 Å². The highest BCUT2D eigenvalue weighted by atomic mass is 127. The minimum Gasteiger partial charge on any atom is -0.309 e. The minimum absolute atomic E-state index is 0.464. The van der Waals surface area contributed by atoms with E-state index in [1.54, 1.807) is 4.68 Å². The van der Waals surface area contributed by atoms with Crippen molar-refractivity contribution in [3.63, 3.8) is 0 Å². The van der Waals surface area contributed by atoms with Gasteiger partial charge in [-0.2, -0.15) is 5.10 Å².